The largest absolute Gasteiger partial charge is 0.453 e. The summed E-state index contributed by atoms with van der Waals surface area (Å²) in [7, 11) is 1.27. The molecule has 0 bridgehead atoms. The van der Waals surface area contributed by atoms with Gasteiger partial charge in [-0.3, -0.25) is 14.3 Å². The van der Waals surface area contributed by atoms with E-state index in [0.29, 0.717) is 11.3 Å². The Morgan fingerprint density at radius 3 is 2.85 bits per heavy atom. The number of amides is 1. The van der Waals surface area contributed by atoms with Gasteiger partial charge in [-0.25, -0.2) is 9.78 Å². The fourth-order valence-corrected chi connectivity index (χ4v) is 1.57. The van der Waals surface area contributed by atoms with Gasteiger partial charge in [0, 0.05) is 24.2 Å². The van der Waals surface area contributed by atoms with Gasteiger partial charge in [-0.1, -0.05) is 0 Å². The molecule has 20 heavy (non-hydrogen) atoms. The number of nitrogen functional groups attached to an aromatic ring is 1. The number of aromatic nitrogens is 3. The van der Waals surface area contributed by atoms with E-state index < -0.39 is 6.09 Å². The Labute approximate surface area is 114 Å². The van der Waals surface area contributed by atoms with E-state index in [1.54, 1.807) is 12.1 Å². The summed E-state index contributed by atoms with van der Waals surface area (Å²) in [6.45, 7) is 0.160. The Morgan fingerprint density at radius 1 is 1.40 bits per heavy atom. The first-order valence-electron chi connectivity index (χ1n) is 5.72. The van der Waals surface area contributed by atoms with Crippen molar-refractivity contribution >= 4 is 17.9 Å². The van der Waals surface area contributed by atoms with E-state index in [9.17, 15) is 9.59 Å². The van der Waals surface area contributed by atoms with Crippen molar-refractivity contribution in [2.45, 2.75) is 6.54 Å². The van der Waals surface area contributed by atoms with E-state index in [1.165, 1.54) is 30.3 Å². The van der Waals surface area contributed by atoms with E-state index in [1.807, 2.05) is 0 Å². The summed E-state index contributed by atoms with van der Waals surface area (Å²) in [5.74, 6) is -0.206. The van der Waals surface area contributed by atoms with Gasteiger partial charge >= 0.3 is 6.09 Å². The van der Waals surface area contributed by atoms with Crippen LogP contribution in [0.15, 0.2) is 30.7 Å². The summed E-state index contributed by atoms with van der Waals surface area (Å²) in [4.78, 5) is 31.0. The molecular formula is C12H13N5O3. The lowest BCUT2D eigenvalue weighted by Gasteiger charge is -2.06. The number of methoxy groups -OCH3 is 1. The number of hydrogen-bond acceptors (Lipinski definition) is 6. The molecule has 0 aliphatic rings. The van der Waals surface area contributed by atoms with Crippen molar-refractivity contribution in [3.8, 4) is 0 Å². The lowest BCUT2D eigenvalue weighted by atomic mass is 10.2. The second-order valence-electron chi connectivity index (χ2n) is 3.84. The molecule has 8 nitrogen and oxygen atoms in total. The second kappa shape index (κ2) is 5.83. The lowest BCUT2D eigenvalue weighted by molar-refractivity contribution is 0.0962. The average molecular weight is 275 g/mol. The third-order valence-electron chi connectivity index (χ3n) is 2.55. The highest BCUT2D eigenvalue weighted by atomic mass is 16.5. The highest BCUT2D eigenvalue weighted by Crippen LogP contribution is 2.08. The molecule has 2 aromatic heterocycles. The number of alkyl carbamates (subject to hydrolysis) is 1. The minimum Gasteiger partial charge on any atom is -0.453 e. The molecule has 0 saturated heterocycles. The van der Waals surface area contributed by atoms with Gasteiger partial charge in [0.05, 0.1) is 19.3 Å². The van der Waals surface area contributed by atoms with Crippen LogP contribution in [0, 0.1) is 0 Å². The molecule has 0 aliphatic carbocycles. The first kappa shape index (κ1) is 13.5. The molecule has 2 heterocycles. The number of pyridine rings is 1. The molecule has 0 fully saturated rings. The fourth-order valence-electron chi connectivity index (χ4n) is 1.57. The Hall–Kier alpha value is -2.90. The number of imidazole rings is 1. The van der Waals surface area contributed by atoms with Gasteiger partial charge in [0.15, 0.2) is 0 Å². The van der Waals surface area contributed by atoms with E-state index in [4.69, 9.17) is 5.73 Å². The van der Waals surface area contributed by atoms with Gasteiger partial charge in [0.2, 0.25) is 5.95 Å². The van der Waals surface area contributed by atoms with Crippen molar-refractivity contribution in [3.63, 3.8) is 0 Å². The van der Waals surface area contributed by atoms with Gasteiger partial charge in [-0.15, -0.1) is 0 Å². The molecular weight excluding hydrogens is 262 g/mol. The van der Waals surface area contributed by atoms with Crippen LogP contribution in [0.5, 0.6) is 0 Å². The van der Waals surface area contributed by atoms with Crippen LogP contribution in [0.2, 0.25) is 0 Å². The van der Waals surface area contributed by atoms with Crippen molar-refractivity contribution in [2.75, 3.05) is 12.8 Å². The molecule has 0 aromatic carbocycles. The lowest BCUT2D eigenvalue weighted by Crippen LogP contribution is -2.23. The third kappa shape index (κ3) is 2.91. The molecule has 3 N–H and O–H groups in total. The molecule has 8 heteroatoms. The number of anilines is 1. The third-order valence-corrected chi connectivity index (χ3v) is 2.55. The maximum atomic E-state index is 12.2. The number of nitrogens with one attached hydrogen (secondary N) is 1. The van der Waals surface area contributed by atoms with Crippen molar-refractivity contribution in [2.24, 2.45) is 0 Å². The average Bonchev–Trinajstić information content (AvgIpc) is 2.90. The van der Waals surface area contributed by atoms with Crippen LogP contribution in [-0.4, -0.2) is 33.6 Å². The monoisotopic (exact) mass is 275 g/mol. The minimum absolute atomic E-state index is 0.112. The minimum atomic E-state index is -0.567. The van der Waals surface area contributed by atoms with Gasteiger partial charge in [0.25, 0.3) is 5.91 Å². The molecule has 0 radical (unpaired) electrons. The highest BCUT2D eigenvalue weighted by Gasteiger charge is 2.12. The molecule has 104 valence electrons. The number of nitrogens with two attached hydrogens (primary N) is 1. The molecule has 0 unspecified atom stereocenters. The van der Waals surface area contributed by atoms with Crippen molar-refractivity contribution < 1.29 is 14.3 Å². The SMILES string of the molecule is COC(=O)NCc1cc(C(=O)n2ccnc2N)ccn1. The maximum Gasteiger partial charge on any atom is 0.407 e. The van der Waals surface area contributed by atoms with Crippen LogP contribution in [0.3, 0.4) is 0 Å². The normalized spacial score (nSPS) is 10.1. The molecule has 0 aliphatic heterocycles. The van der Waals surface area contributed by atoms with Crippen LogP contribution in [0.1, 0.15) is 16.1 Å². The number of hydrogen-bond donors (Lipinski definition) is 2. The molecule has 2 aromatic rings. The van der Waals surface area contributed by atoms with Gasteiger partial charge in [0.1, 0.15) is 0 Å². The summed E-state index contributed by atoms with van der Waals surface area (Å²) in [5.41, 5.74) is 6.50. The van der Waals surface area contributed by atoms with Gasteiger partial charge in [-0.05, 0) is 12.1 Å². The zero-order chi connectivity index (χ0) is 14.5. The summed E-state index contributed by atoms with van der Waals surface area (Å²) in [5, 5.41) is 2.48. The number of nitrogens with zero attached hydrogens (tertiary/aromatic N) is 3. The smallest absolute Gasteiger partial charge is 0.407 e. The number of carbonyl (C=O) groups excluding carboxylic acids is 2. The van der Waals surface area contributed by atoms with E-state index in [-0.39, 0.29) is 18.4 Å². The van der Waals surface area contributed by atoms with Crippen LogP contribution >= 0.6 is 0 Å². The predicted molar refractivity (Wildman–Crippen MR) is 69.8 cm³/mol. The molecule has 0 atom stereocenters. The summed E-state index contributed by atoms with van der Waals surface area (Å²) in [6, 6.07) is 3.13. The Bertz CT molecular complexity index is 638. The Kier molecular flexibility index (Phi) is 3.94. The van der Waals surface area contributed by atoms with Gasteiger partial charge < -0.3 is 15.8 Å². The zero-order valence-corrected chi connectivity index (χ0v) is 10.7. The number of ether oxygens (including phenoxy) is 1. The van der Waals surface area contributed by atoms with E-state index >= 15 is 0 Å². The Morgan fingerprint density at radius 2 is 2.20 bits per heavy atom. The summed E-state index contributed by atoms with van der Waals surface area (Å²) < 4.78 is 5.68. The topological polar surface area (TPSA) is 112 Å². The van der Waals surface area contributed by atoms with Crippen molar-refractivity contribution in [1.82, 2.24) is 19.9 Å². The van der Waals surface area contributed by atoms with Crippen LogP contribution in [-0.2, 0) is 11.3 Å². The van der Waals surface area contributed by atoms with E-state index in [0.717, 1.165) is 0 Å². The van der Waals surface area contributed by atoms with Gasteiger partial charge in [-0.2, -0.15) is 0 Å². The fraction of sp³-hybridized carbons (Fsp3) is 0.167. The molecule has 1 amide bonds. The van der Waals surface area contributed by atoms with Crippen molar-refractivity contribution in [1.29, 1.82) is 0 Å². The first-order valence-corrected chi connectivity index (χ1v) is 5.72. The van der Waals surface area contributed by atoms with Crippen LogP contribution in [0.4, 0.5) is 10.7 Å². The van der Waals surface area contributed by atoms with Crippen molar-refractivity contribution in [3.05, 3.63) is 42.0 Å². The second-order valence-corrected chi connectivity index (χ2v) is 3.84. The molecule has 0 spiro atoms. The summed E-state index contributed by atoms with van der Waals surface area (Å²) >= 11 is 0. The first-order chi connectivity index (χ1) is 9.61. The maximum absolute atomic E-state index is 12.2. The molecule has 0 saturated carbocycles. The molecule has 2 rings (SSSR count). The quantitative estimate of drug-likeness (QED) is 0.838. The highest BCUT2D eigenvalue weighted by molar-refractivity contribution is 5.97. The predicted octanol–water partition coefficient (Wildman–Crippen LogP) is 0.405. The Balaban J connectivity index is 2.15. The standard InChI is InChI=1S/C12H13N5O3/c1-20-12(19)16-7-9-6-8(2-3-14-9)10(18)17-5-4-15-11(17)13/h2-6H,7H2,1H3,(H2,13,15)(H,16,19). The summed E-state index contributed by atoms with van der Waals surface area (Å²) in [6.07, 6.45) is 3.83. The number of rotatable bonds is 3. The zero-order valence-electron chi connectivity index (χ0n) is 10.7. The van der Waals surface area contributed by atoms with Crippen LogP contribution < -0.4 is 11.1 Å². The number of carbonyl (C=O) groups is 2. The van der Waals surface area contributed by atoms with E-state index in [2.05, 4.69) is 20.0 Å². The van der Waals surface area contributed by atoms with Crippen LogP contribution in [0.25, 0.3) is 0 Å².